The second kappa shape index (κ2) is 8.00. The Morgan fingerprint density at radius 3 is 2.73 bits per heavy atom. The number of benzene rings is 2. The Balaban J connectivity index is 1.61. The fourth-order valence-electron chi connectivity index (χ4n) is 3.16. The standard InChI is InChI=1S/C22H18N2O5S/c1-12-9-19(25)29-18-10-13(7-8-14(12)18)23-21(26)16-11-30-22(24-16)15-5-4-6-17(27-2)20(15)28-3/h4-11H,1-3H3,(H,23,26). The van der Waals surface area contributed by atoms with Gasteiger partial charge in [0.05, 0.1) is 19.8 Å². The topological polar surface area (TPSA) is 90.7 Å². The van der Waals surface area contributed by atoms with Crippen molar-refractivity contribution >= 4 is 33.9 Å². The van der Waals surface area contributed by atoms with Gasteiger partial charge in [0.15, 0.2) is 11.5 Å². The van der Waals surface area contributed by atoms with Gasteiger partial charge in [0.2, 0.25) is 0 Å². The summed E-state index contributed by atoms with van der Waals surface area (Å²) in [5, 5.41) is 5.92. The van der Waals surface area contributed by atoms with E-state index >= 15 is 0 Å². The molecular weight excluding hydrogens is 404 g/mol. The van der Waals surface area contributed by atoms with Crippen molar-refractivity contribution in [3.05, 3.63) is 69.5 Å². The molecule has 152 valence electrons. The third kappa shape index (κ3) is 3.65. The van der Waals surface area contributed by atoms with Gasteiger partial charge >= 0.3 is 5.63 Å². The predicted octanol–water partition coefficient (Wildman–Crippen LogP) is 4.49. The zero-order valence-corrected chi connectivity index (χ0v) is 17.3. The van der Waals surface area contributed by atoms with E-state index in [1.165, 1.54) is 17.4 Å². The maximum absolute atomic E-state index is 12.7. The first-order valence-corrected chi connectivity index (χ1v) is 9.91. The highest BCUT2D eigenvalue weighted by Crippen LogP contribution is 2.39. The molecule has 0 fully saturated rings. The number of carbonyl (C=O) groups is 1. The summed E-state index contributed by atoms with van der Waals surface area (Å²) in [4.78, 5) is 28.8. The largest absolute Gasteiger partial charge is 0.493 e. The number of nitrogens with zero attached hydrogens (tertiary/aromatic N) is 1. The second-order valence-corrected chi connectivity index (χ2v) is 7.35. The number of aryl methyl sites for hydroxylation is 1. The lowest BCUT2D eigenvalue weighted by atomic mass is 10.1. The van der Waals surface area contributed by atoms with E-state index in [9.17, 15) is 9.59 Å². The van der Waals surface area contributed by atoms with E-state index in [1.807, 2.05) is 19.1 Å². The van der Waals surface area contributed by atoms with Crippen molar-refractivity contribution in [2.45, 2.75) is 6.92 Å². The first-order valence-electron chi connectivity index (χ1n) is 9.03. The monoisotopic (exact) mass is 422 g/mol. The van der Waals surface area contributed by atoms with Gasteiger partial charge in [0, 0.05) is 28.6 Å². The van der Waals surface area contributed by atoms with Gasteiger partial charge in [-0.15, -0.1) is 11.3 Å². The summed E-state index contributed by atoms with van der Waals surface area (Å²) in [5.41, 5.74) is 2.32. The maximum atomic E-state index is 12.7. The van der Waals surface area contributed by atoms with Crippen LogP contribution < -0.4 is 20.4 Å². The van der Waals surface area contributed by atoms with E-state index in [1.54, 1.807) is 43.9 Å². The van der Waals surface area contributed by atoms with Crippen molar-refractivity contribution in [2.75, 3.05) is 19.5 Å². The lowest BCUT2D eigenvalue weighted by Gasteiger charge is -2.10. The highest BCUT2D eigenvalue weighted by Gasteiger charge is 2.17. The van der Waals surface area contributed by atoms with Gasteiger partial charge in [-0.05, 0) is 36.8 Å². The van der Waals surface area contributed by atoms with Crippen LogP contribution in [0.15, 0.2) is 57.1 Å². The molecule has 7 nitrogen and oxygen atoms in total. The van der Waals surface area contributed by atoms with Gasteiger partial charge in [-0.3, -0.25) is 4.79 Å². The molecule has 30 heavy (non-hydrogen) atoms. The van der Waals surface area contributed by atoms with Crippen LogP contribution in [0.1, 0.15) is 16.1 Å². The Bertz CT molecular complexity index is 1310. The van der Waals surface area contributed by atoms with E-state index < -0.39 is 5.63 Å². The van der Waals surface area contributed by atoms with Crippen molar-refractivity contribution < 1.29 is 18.7 Å². The number of aromatic nitrogens is 1. The van der Waals surface area contributed by atoms with Gasteiger partial charge in [-0.25, -0.2) is 9.78 Å². The van der Waals surface area contributed by atoms with Crippen molar-refractivity contribution in [3.8, 4) is 22.1 Å². The zero-order chi connectivity index (χ0) is 21.3. The molecule has 0 unspecified atom stereocenters. The van der Waals surface area contributed by atoms with E-state index in [0.717, 1.165) is 16.5 Å². The average Bonchev–Trinajstić information content (AvgIpc) is 3.23. The molecule has 0 radical (unpaired) electrons. The summed E-state index contributed by atoms with van der Waals surface area (Å²) in [6.07, 6.45) is 0. The van der Waals surface area contributed by atoms with Crippen LogP contribution in [0.25, 0.3) is 21.5 Å². The number of methoxy groups -OCH3 is 2. The van der Waals surface area contributed by atoms with E-state index in [-0.39, 0.29) is 11.6 Å². The van der Waals surface area contributed by atoms with Crippen LogP contribution >= 0.6 is 11.3 Å². The third-order valence-electron chi connectivity index (χ3n) is 4.58. The van der Waals surface area contributed by atoms with Gasteiger partial charge < -0.3 is 19.2 Å². The van der Waals surface area contributed by atoms with Gasteiger partial charge in [0.1, 0.15) is 16.3 Å². The molecule has 4 aromatic rings. The maximum Gasteiger partial charge on any atom is 0.336 e. The highest BCUT2D eigenvalue weighted by atomic mass is 32.1. The molecule has 0 aliphatic heterocycles. The number of hydrogen-bond donors (Lipinski definition) is 1. The molecule has 0 spiro atoms. The molecule has 2 aromatic heterocycles. The number of nitrogens with one attached hydrogen (secondary N) is 1. The number of fused-ring (bicyclic) bond motifs is 1. The van der Waals surface area contributed by atoms with Crippen molar-refractivity contribution in [1.82, 2.24) is 4.98 Å². The minimum Gasteiger partial charge on any atom is -0.493 e. The molecule has 0 saturated heterocycles. The van der Waals surface area contributed by atoms with Crippen LogP contribution in [0.5, 0.6) is 11.5 Å². The summed E-state index contributed by atoms with van der Waals surface area (Å²) in [6.45, 7) is 1.83. The number of hydrogen-bond acceptors (Lipinski definition) is 7. The first-order chi connectivity index (χ1) is 14.5. The average molecular weight is 422 g/mol. The number of carbonyl (C=O) groups excluding carboxylic acids is 1. The number of rotatable bonds is 5. The van der Waals surface area contributed by atoms with Crippen LogP contribution in [0.2, 0.25) is 0 Å². The molecule has 4 rings (SSSR count). The minimum atomic E-state index is -0.431. The van der Waals surface area contributed by atoms with Crippen molar-refractivity contribution in [3.63, 3.8) is 0 Å². The van der Waals surface area contributed by atoms with Crippen LogP contribution in [0.3, 0.4) is 0 Å². The Kier molecular flexibility index (Phi) is 5.24. The normalized spacial score (nSPS) is 10.8. The van der Waals surface area contributed by atoms with Crippen LogP contribution in [-0.2, 0) is 0 Å². The molecule has 2 aromatic carbocycles. The molecular formula is C22H18N2O5S. The van der Waals surface area contributed by atoms with E-state index in [2.05, 4.69) is 10.3 Å². The van der Waals surface area contributed by atoms with Gasteiger partial charge in [0.25, 0.3) is 5.91 Å². The minimum absolute atomic E-state index is 0.269. The molecule has 0 bridgehead atoms. The summed E-state index contributed by atoms with van der Waals surface area (Å²) in [7, 11) is 3.12. The quantitative estimate of drug-likeness (QED) is 0.477. The summed E-state index contributed by atoms with van der Waals surface area (Å²) < 4.78 is 16.0. The molecule has 8 heteroatoms. The Labute approximate surface area is 175 Å². The lowest BCUT2D eigenvalue weighted by molar-refractivity contribution is 0.102. The molecule has 0 aliphatic rings. The van der Waals surface area contributed by atoms with Gasteiger partial charge in [-0.2, -0.15) is 0 Å². The Morgan fingerprint density at radius 2 is 1.97 bits per heavy atom. The Morgan fingerprint density at radius 1 is 1.13 bits per heavy atom. The first kappa shape index (κ1) is 19.7. The number of ether oxygens (including phenoxy) is 2. The summed E-state index contributed by atoms with van der Waals surface area (Å²) in [5.74, 6) is 0.777. The molecule has 0 saturated carbocycles. The van der Waals surface area contributed by atoms with Crippen molar-refractivity contribution in [2.24, 2.45) is 0 Å². The highest BCUT2D eigenvalue weighted by molar-refractivity contribution is 7.13. The molecule has 1 amide bonds. The van der Waals surface area contributed by atoms with Gasteiger partial charge in [-0.1, -0.05) is 6.07 Å². The molecule has 0 atom stereocenters. The fourth-order valence-corrected chi connectivity index (χ4v) is 3.98. The molecule has 2 heterocycles. The summed E-state index contributed by atoms with van der Waals surface area (Å²) in [6, 6.07) is 12.1. The number of para-hydroxylation sites is 1. The predicted molar refractivity (Wildman–Crippen MR) is 116 cm³/mol. The SMILES string of the molecule is COc1cccc(-c2nc(C(=O)Nc3ccc4c(C)cc(=O)oc4c3)cs2)c1OC. The molecule has 0 aliphatic carbocycles. The lowest BCUT2D eigenvalue weighted by Crippen LogP contribution is -2.12. The second-order valence-electron chi connectivity index (χ2n) is 6.49. The van der Waals surface area contributed by atoms with Crippen LogP contribution in [0, 0.1) is 6.92 Å². The smallest absolute Gasteiger partial charge is 0.336 e. The fraction of sp³-hybridized carbons (Fsp3) is 0.136. The van der Waals surface area contributed by atoms with Crippen molar-refractivity contribution in [1.29, 1.82) is 0 Å². The molecule has 1 N–H and O–H groups in total. The number of anilines is 1. The zero-order valence-electron chi connectivity index (χ0n) is 16.5. The third-order valence-corrected chi connectivity index (χ3v) is 5.45. The Hall–Kier alpha value is -3.65. The number of thiazole rings is 1. The van der Waals surface area contributed by atoms with E-state index in [0.29, 0.717) is 27.8 Å². The van der Waals surface area contributed by atoms with Crippen LogP contribution in [-0.4, -0.2) is 25.1 Å². The van der Waals surface area contributed by atoms with Crippen LogP contribution in [0.4, 0.5) is 5.69 Å². The number of amides is 1. The van der Waals surface area contributed by atoms with E-state index in [4.69, 9.17) is 13.9 Å². The summed E-state index contributed by atoms with van der Waals surface area (Å²) >= 11 is 1.33.